The third kappa shape index (κ3) is 5.36. The van der Waals surface area contributed by atoms with Crippen LogP contribution in [0.15, 0.2) is 78.9 Å². The maximum atomic E-state index is 12.7. The lowest BCUT2D eigenvalue weighted by Gasteiger charge is -2.35. The molecule has 5 heteroatoms. The molecule has 3 N–H and O–H groups in total. The Morgan fingerprint density at radius 2 is 1.50 bits per heavy atom. The molecule has 0 aliphatic carbocycles. The molecule has 4 rings (SSSR count). The van der Waals surface area contributed by atoms with E-state index in [0.717, 1.165) is 37.4 Å². The normalized spacial score (nSPS) is 18.3. The molecule has 1 saturated heterocycles. The number of hydrogen-bond acceptors (Lipinski definition) is 2. The maximum absolute atomic E-state index is 12.7. The van der Waals surface area contributed by atoms with Crippen molar-refractivity contribution < 1.29 is 19.3 Å². The number of nitrogens with one attached hydrogen (secondary N) is 3. The minimum Gasteiger partial charge on any atom is -0.495 e. The van der Waals surface area contributed by atoms with E-state index in [9.17, 15) is 4.79 Å². The summed E-state index contributed by atoms with van der Waals surface area (Å²) in [4.78, 5) is 15.6. The Morgan fingerprint density at radius 3 is 2.06 bits per heavy atom. The number of amides is 1. The number of aryl methyl sites for hydroxylation is 1. The van der Waals surface area contributed by atoms with Crippen molar-refractivity contribution in [3.05, 3.63) is 95.6 Å². The van der Waals surface area contributed by atoms with Crippen LogP contribution in [-0.2, 0) is 4.79 Å². The lowest BCUT2D eigenvalue weighted by atomic mass is 9.96. The van der Waals surface area contributed by atoms with Gasteiger partial charge in [-0.25, -0.2) is 0 Å². The van der Waals surface area contributed by atoms with Crippen LogP contribution < -0.4 is 19.9 Å². The second kappa shape index (κ2) is 10.4. The first-order chi connectivity index (χ1) is 15.6. The highest BCUT2D eigenvalue weighted by Crippen LogP contribution is 2.25. The molecular formula is C27H33N3O2+2. The summed E-state index contributed by atoms with van der Waals surface area (Å²) in [6, 6.07) is 27.7. The predicted octanol–water partition coefficient (Wildman–Crippen LogP) is 1.52. The average molecular weight is 432 g/mol. The molecule has 0 unspecified atom stereocenters. The van der Waals surface area contributed by atoms with Crippen LogP contribution in [0.5, 0.6) is 5.75 Å². The van der Waals surface area contributed by atoms with E-state index in [-0.39, 0.29) is 5.91 Å². The zero-order valence-corrected chi connectivity index (χ0v) is 18.9. The SMILES string of the molecule is COc1ccc(C)cc1NC(=O)C[NH+]1CC[NH+](C(c2ccccc2)c2ccccc2)CC1. The minimum absolute atomic E-state index is 0.0371. The summed E-state index contributed by atoms with van der Waals surface area (Å²) >= 11 is 0. The largest absolute Gasteiger partial charge is 0.495 e. The molecule has 1 amide bonds. The van der Waals surface area contributed by atoms with Crippen molar-refractivity contribution in [3.8, 4) is 5.75 Å². The molecule has 166 valence electrons. The summed E-state index contributed by atoms with van der Waals surface area (Å²) in [6.07, 6.45) is 0. The zero-order valence-electron chi connectivity index (χ0n) is 18.9. The number of hydrogen-bond donors (Lipinski definition) is 3. The van der Waals surface area contributed by atoms with Crippen molar-refractivity contribution in [2.45, 2.75) is 13.0 Å². The first kappa shape index (κ1) is 22.1. The molecule has 0 aromatic heterocycles. The molecule has 0 saturated carbocycles. The van der Waals surface area contributed by atoms with E-state index in [1.807, 2.05) is 25.1 Å². The van der Waals surface area contributed by atoms with Gasteiger partial charge in [0.2, 0.25) is 0 Å². The summed E-state index contributed by atoms with van der Waals surface area (Å²) in [5.74, 6) is 0.733. The maximum Gasteiger partial charge on any atom is 0.279 e. The number of carbonyl (C=O) groups is 1. The fourth-order valence-electron chi connectivity index (χ4n) is 4.69. The van der Waals surface area contributed by atoms with Gasteiger partial charge in [0.25, 0.3) is 5.91 Å². The molecule has 32 heavy (non-hydrogen) atoms. The van der Waals surface area contributed by atoms with Gasteiger partial charge in [-0.1, -0.05) is 66.7 Å². The Balaban J connectivity index is 1.39. The first-order valence-electron chi connectivity index (χ1n) is 11.4. The van der Waals surface area contributed by atoms with E-state index >= 15 is 0 Å². The van der Waals surface area contributed by atoms with Crippen LogP contribution in [0.2, 0.25) is 0 Å². The number of ether oxygens (including phenoxy) is 1. The number of rotatable bonds is 7. The molecular weight excluding hydrogens is 398 g/mol. The fraction of sp³-hybridized carbons (Fsp3) is 0.296. The molecule has 0 radical (unpaired) electrons. The second-order valence-electron chi connectivity index (χ2n) is 8.59. The summed E-state index contributed by atoms with van der Waals surface area (Å²) in [7, 11) is 1.63. The number of quaternary nitrogens is 2. The van der Waals surface area contributed by atoms with Crippen molar-refractivity contribution in [1.82, 2.24) is 0 Å². The van der Waals surface area contributed by atoms with Crippen LogP contribution in [0.3, 0.4) is 0 Å². The molecule has 3 aromatic rings. The number of benzene rings is 3. The van der Waals surface area contributed by atoms with Crippen LogP contribution >= 0.6 is 0 Å². The number of piperazine rings is 1. The van der Waals surface area contributed by atoms with Gasteiger partial charge in [0, 0.05) is 11.1 Å². The Kier molecular flexibility index (Phi) is 7.20. The van der Waals surface area contributed by atoms with E-state index in [0.29, 0.717) is 18.3 Å². The summed E-state index contributed by atoms with van der Waals surface area (Å²) in [5.41, 5.74) is 4.54. The molecule has 0 atom stereocenters. The fourth-order valence-corrected chi connectivity index (χ4v) is 4.69. The van der Waals surface area contributed by atoms with Crippen molar-refractivity contribution in [1.29, 1.82) is 0 Å². The highest BCUT2D eigenvalue weighted by Gasteiger charge is 2.32. The number of methoxy groups -OCH3 is 1. The third-order valence-corrected chi connectivity index (χ3v) is 6.31. The highest BCUT2D eigenvalue weighted by molar-refractivity contribution is 5.93. The number of anilines is 1. The average Bonchev–Trinajstić information content (AvgIpc) is 2.82. The van der Waals surface area contributed by atoms with Gasteiger partial charge in [-0.05, 0) is 24.6 Å². The van der Waals surface area contributed by atoms with E-state index in [1.54, 1.807) is 12.0 Å². The standard InChI is InChI=1S/C27H31N3O2/c1-21-13-14-25(32-2)24(19-21)28-26(31)20-29-15-17-30(18-16-29)27(22-9-5-3-6-10-22)23-11-7-4-8-12-23/h3-14,19,27H,15-18,20H2,1-2H3,(H,28,31)/p+2. The van der Waals surface area contributed by atoms with Crippen molar-refractivity contribution in [2.75, 3.05) is 45.2 Å². The van der Waals surface area contributed by atoms with Crippen molar-refractivity contribution in [3.63, 3.8) is 0 Å². The smallest absolute Gasteiger partial charge is 0.279 e. The molecule has 1 aliphatic rings. The Labute approximate surface area is 190 Å². The molecule has 0 spiro atoms. The van der Waals surface area contributed by atoms with Crippen LogP contribution in [0, 0.1) is 6.92 Å². The van der Waals surface area contributed by atoms with Gasteiger partial charge >= 0.3 is 0 Å². The second-order valence-corrected chi connectivity index (χ2v) is 8.59. The molecule has 1 heterocycles. The van der Waals surface area contributed by atoms with Crippen LogP contribution in [0.1, 0.15) is 22.7 Å². The topological polar surface area (TPSA) is 47.2 Å². The van der Waals surface area contributed by atoms with Crippen LogP contribution in [0.25, 0.3) is 0 Å². The van der Waals surface area contributed by atoms with Gasteiger partial charge in [0.1, 0.15) is 38.0 Å². The lowest BCUT2D eigenvalue weighted by Crippen LogP contribution is -3.28. The van der Waals surface area contributed by atoms with Gasteiger partial charge in [-0.15, -0.1) is 0 Å². The van der Waals surface area contributed by atoms with E-state index in [2.05, 4.69) is 66.0 Å². The predicted molar refractivity (Wildman–Crippen MR) is 127 cm³/mol. The van der Waals surface area contributed by atoms with Crippen molar-refractivity contribution >= 4 is 11.6 Å². The first-order valence-corrected chi connectivity index (χ1v) is 11.4. The van der Waals surface area contributed by atoms with Crippen molar-refractivity contribution in [2.24, 2.45) is 0 Å². The quantitative estimate of drug-likeness (QED) is 0.531. The van der Waals surface area contributed by atoms with Gasteiger partial charge in [0.15, 0.2) is 6.54 Å². The highest BCUT2D eigenvalue weighted by atomic mass is 16.5. The summed E-state index contributed by atoms with van der Waals surface area (Å²) in [6.45, 7) is 6.51. The lowest BCUT2D eigenvalue weighted by molar-refractivity contribution is -1.02. The Hall–Kier alpha value is -3.15. The number of carbonyl (C=O) groups excluding carboxylic acids is 1. The Bertz CT molecular complexity index is 976. The van der Waals surface area contributed by atoms with E-state index < -0.39 is 0 Å². The molecule has 5 nitrogen and oxygen atoms in total. The van der Waals surface area contributed by atoms with Gasteiger partial charge in [-0.3, -0.25) is 4.79 Å². The van der Waals surface area contributed by atoms with Gasteiger partial charge < -0.3 is 19.9 Å². The van der Waals surface area contributed by atoms with Gasteiger partial charge in [0.05, 0.1) is 12.8 Å². The molecule has 1 fully saturated rings. The van der Waals surface area contributed by atoms with E-state index in [4.69, 9.17) is 4.74 Å². The van der Waals surface area contributed by atoms with Crippen LogP contribution in [-0.4, -0.2) is 45.7 Å². The summed E-state index contributed by atoms with van der Waals surface area (Å²) in [5, 5.41) is 3.04. The van der Waals surface area contributed by atoms with E-state index in [1.165, 1.54) is 16.0 Å². The summed E-state index contributed by atoms with van der Waals surface area (Å²) < 4.78 is 5.39. The minimum atomic E-state index is 0.0371. The molecule has 3 aromatic carbocycles. The van der Waals surface area contributed by atoms with Gasteiger partial charge in [-0.2, -0.15) is 0 Å². The Morgan fingerprint density at radius 1 is 0.906 bits per heavy atom. The molecule has 0 bridgehead atoms. The zero-order chi connectivity index (χ0) is 22.3. The monoisotopic (exact) mass is 431 g/mol. The third-order valence-electron chi connectivity index (χ3n) is 6.31. The van der Waals surface area contributed by atoms with Crippen LogP contribution in [0.4, 0.5) is 5.69 Å². The molecule has 1 aliphatic heterocycles.